The first kappa shape index (κ1) is 28.0. The third-order valence-electron chi connectivity index (χ3n) is 9.00. The van der Waals surface area contributed by atoms with Crippen LogP contribution in [0.1, 0.15) is 80.8 Å². The summed E-state index contributed by atoms with van der Waals surface area (Å²) < 4.78 is 5.58. The average molecular weight is 574 g/mol. The number of fused-ring (bicyclic) bond motifs is 3. The van der Waals surface area contributed by atoms with Gasteiger partial charge in [0.2, 0.25) is 0 Å². The van der Waals surface area contributed by atoms with Gasteiger partial charge in [0, 0.05) is 40.0 Å². The van der Waals surface area contributed by atoms with Crippen LogP contribution in [0.2, 0.25) is 5.02 Å². The maximum atomic E-state index is 12.8. The van der Waals surface area contributed by atoms with Crippen LogP contribution in [0.5, 0.6) is 0 Å². The Balaban J connectivity index is 1.52. The lowest BCUT2D eigenvalue weighted by molar-refractivity contribution is 0.0523. The number of piperidine rings is 1. The monoisotopic (exact) mass is 573 g/mol. The van der Waals surface area contributed by atoms with Gasteiger partial charge < -0.3 is 20.3 Å². The molecule has 0 saturated carbocycles. The van der Waals surface area contributed by atoms with E-state index in [1.807, 2.05) is 26.8 Å². The Hall–Kier alpha value is -3.16. The minimum atomic E-state index is -0.579. The van der Waals surface area contributed by atoms with Gasteiger partial charge in [-0.1, -0.05) is 48.9 Å². The number of alkyl carbamates (subject to hydrolysis) is 1. The number of amides is 1. The van der Waals surface area contributed by atoms with Crippen molar-refractivity contribution in [3.05, 3.63) is 81.8 Å². The van der Waals surface area contributed by atoms with Gasteiger partial charge in [-0.2, -0.15) is 0 Å². The van der Waals surface area contributed by atoms with Gasteiger partial charge in [-0.05, 0) is 101 Å². The van der Waals surface area contributed by atoms with E-state index in [0.717, 1.165) is 68.0 Å². The lowest BCUT2D eigenvalue weighted by Crippen LogP contribution is -2.51. The minimum absolute atomic E-state index is 0.132. The number of ether oxygens (including phenoxy) is 1. The fourth-order valence-electron chi connectivity index (χ4n) is 7.25. The van der Waals surface area contributed by atoms with Crippen molar-refractivity contribution < 1.29 is 9.53 Å². The molecular formula is C33H40ClN5O2. The van der Waals surface area contributed by atoms with Crippen LogP contribution in [-0.4, -0.2) is 40.8 Å². The van der Waals surface area contributed by atoms with Gasteiger partial charge in [0.05, 0.1) is 0 Å². The quantitative estimate of drug-likeness (QED) is 0.358. The summed E-state index contributed by atoms with van der Waals surface area (Å²) >= 11 is 6.99. The minimum Gasteiger partial charge on any atom is -0.444 e. The summed E-state index contributed by atoms with van der Waals surface area (Å²) in [6, 6.07) is 15.0. The molecule has 2 aromatic carbocycles. The molecule has 2 N–H and O–H groups in total. The molecule has 1 amide bonds. The number of anilines is 2. The predicted octanol–water partition coefficient (Wildman–Crippen LogP) is 6.59. The van der Waals surface area contributed by atoms with E-state index >= 15 is 0 Å². The van der Waals surface area contributed by atoms with E-state index in [4.69, 9.17) is 26.3 Å². The highest BCUT2D eigenvalue weighted by molar-refractivity contribution is 6.31. The van der Waals surface area contributed by atoms with E-state index < -0.39 is 11.7 Å². The molecule has 8 heteroatoms. The molecule has 1 spiro atoms. The summed E-state index contributed by atoms with van der Waals surface area (Å²) in [4.78, 5) is 24.9. The third kappa shape index (κ3) is 5.19. The Morgan fingerprint density at radius 1 is 1.15 bits per heavy atom. The van der Waals surface area contributed by atoms with Crippen molar-refractivity contribution in [1.82, 2.24) is 20.6 Å². The average Bonchev–Trinajstić information content (AvgIpc) is 3.44. The first-order valence-electron chi connectivity index (χ1n) is 14.8. The molecule has 1 aromatic heterocycles. The number of nitrogens with one attached hydrogen (secondary N) is 2. The van der Waals surface area contributed by atoms with E-state index in [9.17, 15) is 4.79 Å². The lowest BCUT2D eigenvalue weighted by atomic mass is 9.67. The molecule has 1 aliphatic carbocycles. The molecule has 6 rings (SSSR count). The zero-order chi connectivity index (χ0) is 28.8. The number of halogens is 1. The van der Waals surface area contributed by atoms with Crippen molar-refractivity contribution in [3.63, 3.8) is 0 Å². The number of rotatable bonds is 5. The summed E-state index contributed by atoms with van der Waals surface area (Å²) in [6.07, 6.45) is 6.18. The molecule has 1 saturated heterocycles. The van der Waals surface area contributed by atoms with Gasteiger partial charge >= 0.3 is 6.09 Å². The molecule has 3 aliphatic rings. The summed E-state index contributed by atoms with van der Waals surface area (Å²) in [5.74, 6) is 1.41. The highest BCUT2D eigenvalue weighted by atomic mass is 35.5. The number of carbonyl (C=O) groups excluding carboxylic acids is 1. The summed E-state index contributed by atoms with van der Waals surface area (Å²) in [5.41, 5.74) is 6.32. The van der Waals surface area contributed by atoms with Gasteiger partial charge in [-0.25, -0.2) is 14.8 Å². The van der Waals surface area contributed by atoms with Gasteiger partial charge in [0.15, 0.2) is 0 Å². The van der Waals surface area contributed by atoms with E-state index in [-0.39, 0.29) is 11.5 Å². The largest absolute Gasteiger partial charge is 0.444 e. The molecule has 2 aliphatic heterocycles. The first-order chi connectivity index (χ1) is 19.7. The standard InChI is InChI=1S/C33H40ClN5O2/c1-21-10-12-25-28(21)30(38-20-37-25)39-26-13-11-24(34)23(19-36-31(40)41-32(2,3)4)29(26)33(14-16-35-17-15-33)27(39)18-22-8-6-5-7-9-22/h5-9,11,13,20-21,27,35H,10,12,14-19H2,1-4H3,(H,36,40)/t21-,27-/m1/s1. The topological polar surface area (TPSA) is 79.4 Å². The fraction of sp³-hybridized carbons (Fsp3) is 0.485. The molecule has 216 valence electrons. The second-order valence-corrected chi connectivity index (χ2v) is 13.2. The van der Waals surface area contributed by atoms with E-state index in [1.165, 1.54) is 16.7 Å². The molecule has 41 heavy (non-hydrogen) atoms. The Morgan fingerprint density at radius 2 is 1.90 bits per heavy atom. The van der Waals surface area contributed by atoms with Crippen molar-refractivity contribution in [2.45, 2.75) is 89.3 Å². The van der Waals surface area contributed by atoms with Crippen LogP contribution < -0.4 is 15.5 Å². The molecular weight excluding hydrogens is 534 g/mol. The van der Waals surface area contributed by atoms with Crippen molar-refractivity contribution in [2.75, 3.05) is 18.0 Å². The summed E-state index contributed by atoms with van der Waals surface area (Å²) in [6.45, 7) is 10.0. The number of nitrogens with zero attached hydrogens (tertiary/aromatic N) is 3. The van der Waals surface area contributed by atoms with Crippen LogP contribution in [0, 0.1) is 0 Å². The van der Waals surface area contributed by atoms with Crippen LogP contribution in [0.15, 0.2) is 48.8 Å². The van der Waals surface area contributed by atoms with Crippen LogP contribution in [0.3, 0.4) is 0 Å². The Morgan fingerprint density at radius 3 is 2.63 bits per heavy atom. The van der Waals surface area contributed by atoms with Crippen LogP contribution >= 0.6 is 11.6 Å². The fourth-order valence-corrected chi connectivity index (χ4v) is 7.48. The number of hydrogen-bond acceptors (Lipinski definition) is 6. The number of aryl methyl sites for hydroxylation is 1. The molecule has 1 fully saturated rings. The molecule has 0 bridgehead atoms. The predicted molar refractivity (Wildman–Crippen MR) is 163 cm³/mol. The number of hydrogen-bond donors (Lipinski definition) is 2. The van der Waals surface area contributed by atoms with Crippen LogP contribution in [0.4, 0.5) is 16.3 Å². The first-order valence-corrected chi connectivity index (χ1v) is 15.2. The summed E-state index contributed by atoms with van der Waals surface area (Å²) in [5, 5.41) is 7.27. The second-order valence-electron chi connectivity index (χ2n) is 12.8. The Kier molecular flexibility index (Phi) is 7.45. The Labute approximate surface area is 248 Å². The lowest BCUT2D eigenvalue weighted by Gasteiger charge is -2.43. The second kappa shape index (κ2) is 10.9. The molecule has 0 unspecified atom stereocenters. The van der Waals surface area contributed by atoms with E-state index in [2.05, 4.69) is 58.9 Å². The maximum Gasteiger partial charge on any atom is 0.407 e. The Bertz CT molecular complexity index is 1430. The van der Waals surface area contributed by atoms with Gasteiger partial charge in [0.1, 0.15) is 17.7 Å². The smallest absolute Gasteiger partial charge is 0.407 e. The van der Waals surface area contributed by atoms with Crippen molar-refractivity contribution in [3.8, 4) is 0 Å². The number of aromatic nitrogens is 2. The van der Waals surface area contributed by atoms with Crippen molar-refractivity contribution in [1.29, 1.82) is 0 Å². The van der Waals surface area contributed by atoms with Crippen LogP contribution in [-0.2, 0) is 29.5 Å². The summed E-state index contributed by atoms with van der Waals surface area (Å²) in [7, 11) is 0. The number of benzene rings is 2. The molecule has 3 heterocycles. The molecule has 7 nitrogen and oxygen atoms in total. The highest BCUT2D eigenvalue weighted by Gasteiger charge is 2.54. The zero-order valence-corrected chi connectivity index (χ0v) is 25.2. The van der Waals surface area contributed by atoms with Gasteiger partial charge in [-0.3, -0.25) is 0 Å². The SMILES string of the molecule is C[C@@H]1CCc2ncnc(N3c4ccc(Cl)c(CNC(=O)OC(C)(C)C)c4C4(CCNCC4)[C@H]3Cc3ccccc3)c21. The normalized spacial score (nSPS) is 21.0. The van der Waals surface area contributed by atoms with Crippen molar-refractivity contribution >= 4 is 29.2 Å². The molecule has 2 atom stereocenters. The van der Waals surface area contributed by atoms with Crippen LogP contribution in [0.25, 0.3) is 0 Å². The van der Waals surface area contributed by atoms with Gasteiger partial charge in [-0.15, -0.1) is 0 Å². The maximum absolute atomic E-state index is 12.8. The number of carbonyl (C=O) groups is 1. The molecule has 3 aromatic rings. The van der Waals surface area contributed by atoms with Crippen molar-refractivity contribution in [2.24, 2.45) is 0 Å². The molecule has 0 radical (unpaired) electrons. The van der Waals surface area contributed by atoms with E-state index in [0.29, 0.717) is 17.5 Å². The van der Waals surface area contributed by atoms with E-state index in [1.54, 1.807) is 6.33 Å². The highest BCUT2D eigenvalue weighted by Crippen LogP contribution is 2.57. The third-order valence-corrected chi connectivity index (χ3v) is 9.35. The zero-order valence-electron chi connectivity index (χ0n) is 24.5. The van der Waals surface area contributed by atoms with Gasteiger partial charge in [0.25, 0.3) is 0 Å².